The average Bonchev–Trinajstić information content (AvgIpc) is 3.35. The average molecular weight is 487 g/mol. The van der Waals surface area contributed by atoms with Gasteiger partial charge in [-0.25, -0.2) is 4.99 Å². The summed E-state index contributed by atoms with van der Waals surface area (Å²) in [5.41, 5.74) is 15.8. The van der Waals surface area contributed by atoms with Crippen LogP contribution in [0.2, 0.25) is 0 Å². The molecule has 10 heteroatoms. The summed E-state index contributed by atoms with van der Waals surface area (Å²) in [7, 11) is 0. The highest BCUT2D eigenvalue weighted by Gasteiger charge is 2.45. The topological polar surface area (TPSA) is 141 Å². The number of hydrazine groups is 1. The quantitative estimate of drug-likeness (QED) is 0.122. The lowest BCUT2D eigenvalue weighted by Crippen LogP contribution is -2.50. The van der Waals surface area contributed by atoms with Crippen LogP contribution < -0.4 is 15.6 Å². The van der Waals surface area contributed by atoms with Crippen LogP contribution in [0, 0.1) is 0 Å². The van der Waals surface area contributed by atoms with Gasteiger partial charge in [0.15, 0.2) is 5.54 Å². The maximum atomic E-state index is 13.5. The molecule has 3 aromatic carbocycles. The predicted molar refractivity (Wildman–Crippen MR) is 136 cm³/mol. The minimum absolute atomic E-state index is 0.00396. The van der Waals surface area contributed by atoms with Crippen molar-refractivity contribution in [3.63, 3.8) is 0 Å². The number of anilines is 1. The third-order valence-corrected chi connectivity index (χ3v) is 5.58. The van der Waals surface area contributed by atoms with E-state index in [0.29, 0.717) is 41.5 Å². The summed E-state index contributed by atoms with van der Waals surface area (Å²) in [5.74, 6) is 0.597. The van der Waals surface area contributed by atoms with Gasteiger partial charge < -0.3 is 14.6 Å². The number of hydrogen-bond donors (Lipinski definition) is 3. The first-order valence-corrected chi connectivity index (χ1v) is 11.4. The Kier molecular flexibility index (Phi) is 8.02. The van der Waals surface area contributed by atoms with E-state index >= 15 is 0 Å². The number of benzene rings is 3. The first-order valence-electron chi connectivity index (χ1n) is 11.4. The number of aliphatic hydroxyl groups is 1. The minimum atomic E-state index is -1.30. The Morgan fingerprint density at radius 3 is 2.61 bits per heavy atom. The lowest BCUT2D eigenvalue weighted by molar-refractivity contribution is -0.126. The van der Waals surface area contributed by atoms with Crippen molar-refractivity contribution >= 4 is 23.2 Å². The Balaban J connectivity index is 1.60. The summed E-state index contributed by atoms with van der Waals surface area (Å²) in [6.07, 6.45) is 0.708. The molecule has 1 atom stereocenters. The van der Waals surface area contributed by atoms with E-state index in [-0.39, 0.29) is 25.5 Å². The molecule has 0 spiro atoms. The van der Waals surface area contributed by atoms with Gasteiger partial charge in [0.25, 0.3) is 5.91 Å². The molecule has 0 bridgehead atoms. The summed E-state index contributed by atoms with van der Waals surface area (Å²) < 4.78 is 11.5. The highest BCUT2D eigenvalue weighted by atomic mass is 16.5. The molecular formula is C26H26N6O4. The summed E-state index contributed by atoms with van der Waals surface area (Å²) in [5, 5.41) is 12.7. The normalized spacial score (nSPS) is 16.3. The van der Waals surface area contributed by atoms with Gasteiger partial charge >= 0.3 is 0 Å². The zero-order valence-electron chi connectivity index (χ0n) is 19.5. The highest BCUT2D eigenvalue weighted by molar-refractivity contribution is 6.00. The van der Waals surface area contributed by atoms with E-state index in [2.05, 4.69) is 20.9 Å². The number of rotatable bonds is 11. The second-order valence-electron chi connectivity index (χ2n) is 8.13. The van der Waals surface area contributed by atoms with Crippen molar-refractivity contribution in [2.24, 2.45) is 10.1 Å². The summed E-state index contributed by atoms with van der Waals surface area (Å²) >= 11 is 0. The second-order valence-corrected chi connectivity index (χ2v) is 8.13. The number of aliphatic hydroxyl groups excluding tert-OH is 1. The molecule has 4 rings (SSSR count). The molecule has 36 heavy (non-hydrogen) atoms. The molecule has 184 valence electrons. The Morgan fingerprint density at radius 1 is 1.11 bits per heavy atom. The number of carbonyl (C=O) groups is 1. The Hall–Kier alpha value is -4.53. The number of para-hydroxylation sites is 1. The molecule has 0 unspecified atom stereocenters. The summed E-state index contributed by atoms with van der Waals surface area (Å²) in [4.78, 5) is 21.1. The van der Waals surface area contributed by atoms with Crippen molar-refractivity contribution in [2.45, 2.75) is 18.4 Å². The number of carbonyl (C=O) groups excluding carboxylic acids is 1. The number of azide groups is 1. The van der Waals surface area contributed by atoms with Gasteiger partial charge in [0.2, 0.25) is 5.90 Å². The van der Waals surface area contributed by atoms with Gasteiger partial charge in [-0.2, -0.15) is 0 Å². The molecule has 3 N–H and O–H groups in total. The fourth-order valence-electron chi connectivity index (χ4n) is 3.72. The van der Waals surface area contributed by atoms with Crippen LogP contribution in [0.1, 0.15) is 17.5 Å². The van der Waals surface area contributed by atoms with E-state index in [1.165, 1.54) is 0 Å². The van der Waals surface area contributed by atoms with Crippen LogP contribution in [0.3, 0.4) is 0 Å². The van der Waals surface area contributed by atoms with Crippen LogP contribution in [-0.2, 0) is 16.0 Å². The molecule has 0 radical (unpaired) electrons. The van der Waals surface area contributed by atoms with Gasteiger partial charge in [0.05, 0.1) is 12.3 Å². The lowest BCUT2D eigenvalue weighted by Gasteiger charge is -2.24. The number of amides is 1. The molecular weight excluding hydrogens is 460 g/mol. The largest absolute Gasteiger partial charge is 0.494 e. The van der Waals surface area contributed by atoms with Crippen molar-refractivity contribution in [1.29, 1.82) is 0 Å². The zero-order chi connectivity index (χ0) is 25.2. The molecule has 0 aromatic heterocycles. The van der Waals surface area contributed by atoms with Crippen LogP contribution in [0.15, 0.2) is 89.0 Å². The minimum Gasteiger partial charge on any atom is -0.494 e. The van der Waals surface area contributed by atoms with Gasteiger partial charge in [0, 0.05) is 35.6 Å². The number of hydrogen-bond acceptors (Lipinski definition) is 7. The van der Waals surface area contributed by atoms with E-state index in [1.807, 2.05) is 36.4 Å². The van der Waals surface area contributed by atoms with E-state index in [1.54, 1.807) is 42.5 Å². The zero-order valence-corrected chi connectivity index (χ0v) is 19.5. The summed E-state index contributed by atoms with van der Waals surface area (Å²) in [6, 6.07) is 23.5. The second kappa shape index (κ2) is 11.7. The van der Waals surface area contributed by atoms with Crippen LogP contribution >= 0.6 is 0 Å². The molecule has 1 aliphatic rings. The van der Waals surface area contributed by atoms with E-state index in [0.717, 1.165) is 5.69 Å². The summed E-state index contributed by atoms with van der Waals surface area (Å²) in [6.45, 7) is 0.481. The fraction of sp³-hybridized carbons (Fsp3) is 0.231. The molecule has 3 aromatic rings. The van der Waals surface area contributed by atoms with Crippen LogP contribution in [0.25, 0.3) is 10.4 Å². The SMILES string of the molecule is [N-]=[N+]=Nc1ccccc1C[C@@]1(C(=O)NNc2ccccc2)COC(c2ccc(OCCCO)cc2)=N1. The third kappa shape index (κ3) is 5.93. The Morgan fingerprint density at radius 2 is 1.86 bits per heavy atom. The number of nitrogens with zero attached hydrogens (tertiary/aromatic N) is 4. The molecule has 1 amide bonds. The fourth-order valence-corrected chi connectivity index (χ4v) is 3.72. The highest BCUT2D eigenvalue weighted by Crippen LogP contribution is 2.31. The van der Waals surface area contributed by atoms with Gasteiger partial charge in [-0.05, 0) is 47.5 Å². The standard InChI is InChI=1S/C26H26N6O4/c27-32-30-23-10-5-4-7-20(23)17-26(25(34)31-29-21-8-2-1-3-9-21)18-36-24(28-26)19-11-13-22(14-12-19)35-16-6-15-33/h1-5,7-14,29,33H,6,15-18H2,(H,31,34)/t26-/m0/s1. The number of ether oxygens (including phenoxy) is 2. The van der Waals surface area contributed by atoms with E-state index < -0.39 is 5.54 Å². The molecule has 1 heterocycles. The lowest BCUT2D eigenvalue weighted by atomic mass is 9.91. The van der Waals surface area contributed by atoms with E-state index in [4.69, 9.17) is 25.1 Å². The van der Waals surface area contributed by atoms with Crippen LogP contribution in [0.4, 0.5) is 11.4 Å². The number of nitrogens with one attached hydrogen (secondary N) is 2. The maximum absolute atomic E-state index is 13.5. The van der Waals surface area contributed by atoms with Crippen molar-refractivity contribution in [1.82, 2.24) is 5.43 Å². The molecule has 0 aliphatic carbocycles. The van der Waals surface area contributed by atoms with Gasteiger partial charge in [-0.1, -0.05) is 47.6 Å². The smallest absolute Gasteiger partial charge is 0.270 e. The first kappa shape index (κ1) is 24.6. The third-order valence-electron chi connectivity index (χ3n) is 5.58. The Labute approximate surface area is 208 Å². The maximum Gasteiger partial charge on any atom is 0.270 e. The van der Waals surface area contributed by atoms with Gasteiger partial charge in [-0.3, -0.25) is 15.6 Å². The predicted octanol–water partition coefficient (Wildman–Crippen LogP) is 4.29. The van der Waals surface area contributed by atoms with Crippen LogP contribution in [0.5, 0.6) is 5.75 Å². The van der Waals surface area contributed by atoms with E-state index in [9.17, 15) is 4.79 Å². The number of aliphatic imine (C=N–C) groups is 1. The molecule has 0 fully saturated rings. The van der Waals surface area contributed by atoms with Gasteiger partial charge in [-0.15, -0.1) is 0 Å². The molecule has 10 nitrogen and oxygen atoms in total. The van der Waals surface area contributed by atoms with Crippen molar-refractivity contribution in [2.75, 3.05) is 25.2 Å². The first-order chi connectivity index (χ1) is 17.6. The van der Waals surface area contributed by atoms with Gasteiger partial charge in [0.1, 0.15) is 12.4 Å². The van der Waals surface area contributed by atoms with Crippen LogP contribution in [-0.4, -0.2) is 42.3 Å². The molecule has 0 saturated carbocycles. The van der Waals surface area contributed by atoms with Crippen molar-refractivity contribution < 1.29 is 19.4 Å². The van der Waals surface area contributed by atoms with Crippen molar-refractivity contribution in [3.8, 4) is 5.75 Å². The molecule has 1 aliphatic heterocycles. The molecule has 0 saturated heterocycles. The monoisotopic (exact) mass is 486 g/mol. The van der Waals surface area contributed by atoms with Crippen molar-refractivity contribution in [3.05, 3.63) is 100 Å². The Bertz CT molecular complexity index is 1260.